The first-order valence-electron chi connectivity index (χ1n) is 11.3. The molecule has 1 aromatic heterocycles. The van der Waals surface area contributed by atoms with Crippen molar-refractivity contribution >= 4 is 34.3 Å². The molecule has 178 valence electrons. The Balaban J connectivity index is 2.65. The molecule has 2 atom stereocenters. The third-order valence-corrected chi connectivity index (χ3v) is 6.25. The van der Waals surface area contributed by atoms with E-state index in [0.29, 0.717) is 65.7 Å². The van der Waals surface area contributed by atoms with Crippen molar-refractivity contribution in [2.24, 2.45) is 11.1 Å². The largest absolute Gasteiger partial charge is 0.480 e. The minimum Gasteiger partial charge on any atom is -0.480 e. The van der Waals surface area contributed by atoms with Crippen molar-refractivity contribution in [1.29, 1.82) is 0 Å². The Labute approximate surface area is 191 Å². The summed E-state index contributed by atoms with van der Waals surface area (Å²) in [5, 5.41) is 24.3. The minimum atomic E-state index is -1.34. The molecule has 0 radical (unpaired) electrons. The Hall–Kier alpha value is -3.36. The van der Waals surface area contributed by atoms with Gasteiger partial charge in [-0.05, 0) is 31.7 Å². The first-order chi connectivity index (χ1) is 15.8. The molecule has 3 rings (SSSR count). The number of anilines is 1. The fraction of sp³-hybridized carbons (Fsp3) is 0.500. The van der Waals surface area contributed by atoms with Gasteiger partial charge in [0.25, 0.3) is 0 Å². The molecule has 9 heteroatoms. The molecule has 1 aliphatic heterocycles. The van der Waals surface area contributed by atoms with Crippen LogP contribution in [-0.4, -0.2) is 47.6 Å². The van der Waals surface area contributed by atoms with Crippen LogP contribution < -0.4 is 10.3 Å². The summed E-state index contributed by atoms with van der Waals surface area (Å²) in [4.78, 5) is 44.2. The van der Waals surface area contributed by atoms with E-state index < -0.39 is 35.1 Å². The highest BCUT2D eigenvalue weighted by Crippen LogP contribution is 2.44. The molecule has 0 saturated carbocycles. The van der Waals surface area contributed by atoms with Gasteiger partial charge in [0.15, 0.2) is 5.43 Å². The summed E-state index contributed by atoms with van der Waals surface area (Å²) < 4.78 is 5.79. The lowest BCUT2D eigenvalue weighted by molar-refractivity contribution is -0.139. The molecule has 2 heterocycles. The molecule has 0 aliphatic carbocycles. The highest BCUT2D eigenvalue weighted by atomic mass is 16.6. The number of aromatic carboxylic acids is 1. The van der Waals surface area contributed by atoms with E-state index in [-0.39, 0.29) is 5.58 Å². The van der Waals surface area contributed by atoms with Gasteiger partial charge in [-0.25, -0.2) is 9.59 Å². The van der Waals surface area contributed by atoms with Crippen LogP contribution in [0.3, 0.4) is 0 Å². The average molecular weight is 459 g/mol. The molecule has 0 bridgehead atoms. The third-order valence-electron chi connectivity index (χ3n) is 6.25. The number of fused-ring (bicyclic) bond motifs is 2. The predicted octanol–water partition coefficient (Wildman–Crippen LogP) is 3.68. The van der Waals surface area contributed by atoms with Gasteiger partial charge in [0.05, 0.1) is 16.8 Å². The molecule has 0 spiro atoms. The van der Waals surface area contributed by atoms with Crippen molar-refractivity contribution in [2.45, 2.75) is 59.4 Å². The number of rotatable bonds is 8. The molecular weight excluding hydrogens is 428 g/mol. The fourth-order valence-electron chi connectivity index (χ4n) is 5.03. The molecule has 2 N–H and O–H groups in total. The van der Waals surface area contributed by atoms with Crippen LogP contribution in [0.25, 0.3) is 11.0 Å². The third kappa shape index (κ3) is 3.85. The van der Waals surface area contributed by atoms with Crippen molar-refractivity contribution in [1.82, 2.24) is 0 Å². The van der Waals surface area contributed by atoms with E-state index in [9.17, 15) is 24.6 Å². The molecule has 1 aliphatic rings. The maximum atomic E-state index is 13.2. The van der Waals surface area contributed by atoms with Crippen molar-refractivity contribution in [2.75, 3.05) is 18.6 Å². The van der Waals surface area contributed by atoms with Crippen molar-refractivity contribution in [3.05, 3.63) is 38.7 Å². The Morgan fingerprint density at radius 1 is 1.18 bits per heavy atom. The zero-order chi connectivity index (χ0) is 24.4. The number of carboxylic acids is 2. The van der Waals surface area contributed by atoms with Gasteiger partial charge in [0, 0.05) is 29.7 Å². The summed E-state index contributed by atoms with van der Waals surface area (Å²) >= 11 is 0. The molecule has 0 saturated heterocycles. The number of aryl methyl sites for hydroxylation is 2. The number of carbonyl (C=O) groups is 2. The summed E-state index contributed by atoms with van der Waals surface area (Å²) in [5.74, 6) is -3.23. The molecule has 2 unspecified atom stereocenters. The van der Waals surface area contributed by atoms with Crippen LogP contribution in [0.1, 0.15) is 67.8 Å². The second kappa shape index (κ2) is 9.64. The van der Waals surface area contributed by atoms with E-state index in [1.807, 2.05) is 32.6 Å². The number of hydrogen-bond donors (Lipinski definition) is 2. The Kier molecular flexibility index (Phi) is 7.09. The van der Waals surface area contributed by atoms with Gasteiger partial charge in [-0.2, -0.15) is 0 Å². The molecule has 0 fully saturated rings. The maximum Gasteiger partial charge on any atom is 0.371 e. The van der Waals surface area contributed by atoms with Crippen molar-refractivity contribution < 1.29 is 29.1 Å². The average Bonchev–Trinajstić information content (AvgIpc) is 2.78. The van der Waals surface area contributed by atoms with E-state index in [0.717, 1.165) is 6.07 Å². The fourth-order valence-corrected chi connectivity index (χ4v) is 5.03. The second-order valence-electron chi connectivity index (χ2n) is 8.01. The van der Waals surface area contributed by atoms with Gasteiger partial charge in [-0.3, -0.25) is 4.79 Å². The predicted molar refractivity (Wildman–Crippen MR) is 125 cm³/mol. The molecule has 0 amide bonds. The number of hydrogen-bond acceptors (Lipinski definition) is 7. The lowest BCUT2D eigenvalue weighted by Crippen LogP contribution is -2.53. The number of likely N-dealkylation sites (N-methyl/N-ethyl adjacent to an activating group) is 1. The van der Waals surface area contributed by atoms with Gasteiger partial charge in [-0.15, -0.1) is 0 Å². The Morgan fingerprint density at radius 2 is 1.88 bits per heavy atom. The van der Waals surface area contributed by atoms with Crippen LogP contribution in [0.15, 0.2) is 20.4 Å². The zero-order valence-electron chi connectivity index (χ0n) is 19.6. The van der Waals surface area contributed by atoms with Crippen LogP contribution in [0.5, 0.6) is 0 Å². The quantitative estimate of drug-likeness (QED) is 0.573. The summed E-state index contributed by atoms with van der Waals surface area (Å²) in [5.41, 5.74) is 2.84. The number of carboxylic acid groups (broad SMARTS) is 2. The summed E-state index contributed by atoms with van der Waals surface area (Å²) in [7, 11) is 1.41. The topological polar surface area (TPSA) is 130 Å². The van der Waals surface area contributed by atoms with Gasteiger partial charge < -0.3 is 24.4 Å². The first-order valence-corrected chi connectivity index (χ1v) is 11.3. The van der Waals surface area contributed by atoms with E-state index in [2.05, 4.69) is 5.16 Å². The Morgan fingerprint density at radius 3 is 2.36 bits per heavy atom. The number of benzene rings is 1. The first kappa shape index (κ1) is 24.3. The van der Waals surface area contributed by atoms with E-state index in [1.165, 1.54) is 7.11 Å². The van der Waals surface area contributed by atoms with Crippen molar-refractivity contribution in [3.63, 3.8) is 0 Å². The monoisotopic (exact) mass is 458 g/mol. The number of nitrogens with zero attached hydrogens (tertiary/aromatic N) is 2. The van der Waals surface area contributed by atoms with Gasteiger partial charge in [0.1, 0.15) is 18.7 Å². The van der Waals surface area contributed by atoms with Gasteiger partial charge >= 0.3 is 11.9 Å². The van der Waals surface area contributed by atoms with Crippen LogP contribution in [0.2, 0.25) is 0 Å². The molecule has 1 aromatic carbocycles. The van der Waals surface area contributed by atoms with Crippen LogP contribution >= 0.6 is 0 Å². The van der Waals surface area contributed by atoms with E-state index in [1.54, 1.807) is 0 Å². The smallest absolute Gasteiger partial charge is 0.371 e. The van der Waals surface area contributed by atoms with Gasteiger partial charge in [-0.1, -0.05) is 32.3 Å². The highest BCUT2D eigenvalue weighted by molar-refractivity contribution is 6.16. The molecule has 9 nitrogen and oxygen atoms in total. The lowest BCUT2D eigenvalue weighted by Gasteiger charge is -2.43. The minimum absolute atomic E-state index is 0.201. The normalized spacial score (nSPS) is 19.1. The lowest BCUT2D eigenvalue weighted by atomic mass is 9.77. The number of oxime groups is 1. The molecule has 33 heavy (non-hydrogen) atoms. The highest BCUT2D eigenvalue weighted by Gasteiger charge is 2.45. The SMILES string of the molecule is CCCc1c2c(c(CC)c3c(=O)cc(C(=O)O)oc13)C(=NOC)C(CC)C(C(=O)O)N2CC. The standard InChI is InChI=1S/C24H30N2O7/c1-6-10-14-20-18(12(7-2)17-15(27)11-16(23(28)29)33-22(14)17)19(25-32-5)13(8-3)21(24(30)31)26(20)9-4/h11,13,21H,6-10H2,1-5H3,(H,28,29)(H,30,31). The number of aliphatic carboxylic acids is 1. The van der Waals surface area contributed by atoms with E-state index >= 15 is 0 Å². The molecule has 2 aromatic rings. The second-order valence-corrected chi connectivity index (χ2v) is 8.01. The molecular formula is C24H30N2O7. The Bertz CT molecular complexity index is 1180. The zero-order valence-corrected chi connectivity index (χ0v) is 19.6. The van der Waals surface area contributed by atoms with Crippen molar-refractivity contribution in [3.8, 4) is 0 Å². The van der Waals surface area contributed by atoms with Gasteiger partial charge in [0.2, 0.25) is 5.76 Å². The van der Waals surface area contributed by atoms with E-state index in [4.69, 9.17) is 9.25 Å². The summed E-state index contributed by atoms with van der Waals surface area (Å²) in [6.45, 7) is 8.02. The van der Waals surface area contributed by atoms with Crippen LogP contribution in [0.4, 0.5) is 5.69 Å². The van der Waals surface area contributed by atoms with Crippen LogP contribution in [0, 0.1) is 5.92 Å². The summed E-state index contributed by atoms with van der Waals surface area (Å²) in [6.07, 6.45) is 2.09. The maximum absolute atomic E-state index is 13.2. The summed E-state index contributed by atoms with van der Waals surface area (Å²) in [6, 6.07) is 0.102. The van der Waals surface area contributed by atoms with Crippen LogP contribution in [-0.2, 0) is 22.5 Å².